The van der Waals surface area contributed by atoms with Crippen molar-refractivity contribution in [1.82, 2.24) is 5.32 Å². The Bertz CT molecular complexity index is 212. The molecule has 16 heavy (non-hydrogen) atoms. The van der Waals surface area contributed by atoms with Crippen LogP contribution in [0.15, 0.2) is 0 Å². The van der Waals surface area contributed by atoms with E-state index < -0.39 is 0 Å². The van der Waals surface area contributed by atoms with Gasteiger partial charge in [-0.3, -0.25) is 4.79 Å². The number of carbonyl (C=O) groups is 1. The van der Waals surface area contributed by atoms with E-state index in [2.05, 4.69) is 5.32 Å². The monoisotopic (exact) mass is 229 g/mol. The Morgan fingerprint density at radius 3 is 2.56 bits per heavy atom. The van der Waals surface area contributed by atoms with Crippen LogP contribution in [0.1, 0.15) is 39.5 Å². The smallest absolute Gasteiger partial charge is 0.249 e. The third-order valence-electron chi connectivity index (χ3n) is 3.24. The topological polar surface area (TPSA) is 58.6 Å². The van der Waals surface area contributed by atoms with E-state index in [1.54, 1.807) is 6.92 Å². The predicted octanol–water partition coefficient (Wildman–Crippen LogP) is 1.08. The number of rotatable bonds is 5. The molecule has 0 radical (unpaired) electrons. The Morgan fingerprint density at radius 2 is 2.06 bits per heavy atom. The van der Waals surface area contributed by atoms with E-state index in [-0.39, 0.29) is 24.7 Å². The molecule has 1 saturated carbocycles. The van der Waals surface area contributed by atoms with E-state index in [0.717, 1.165) is 25.7 Å². The van der Waals surface area contributed by atoms with Crippen LogP contribution in [0.4, 0.5) is 0 Å². The molecule has 0 aromatic rings. The number of hydrogen-bond donors (Lipinski definition) is 2. The van der Waals surface area contributed by atoms with E-state index in [1.165, 1.54) is 0 Å². The molecule has 2 N–H and O–H groups in total. The molecule has 1 unspecified atom stereocenters. The first-order valence-corrected chi connectivity index (χ1v) is 6.20. The van der Waals surface area contributed by atoms with Gasteiger partial charge in [-0.1, -0.05) is 0 Å². The molecule has 0 aromatic heterocycles. The predicted molar refractivity (Wildman–Crippen MR) is 62.1 cm³/mol. The molecule has 94 valence electrons. The standard InChI is InChI=1S/C12H23NO3/c1-3-16-9(2)12(15)13-11-6-4-10(8-14)5-7-11/h9-11,14H,3-8H2,1-2H3,(H,13,15). The van der Waals surface area contributed by atoms with Crippen molar-refractivity contribution < 1.29 is 14.6 Å². The minimum Gasteiger partial charge on any atom is -0.396 e. The molecule has 1 atom stereocenters. The first-order chi connectivity index (χ1) is 7.67. The summed E-state index contributed by atoms with van der Waals surface area (Å²) in [6.45, 7) is 4.50. The van der Waals surface area contributed by atoms with Gasteiger partial charge in [0.2, 0.25) is 5.91 Å². The number of aliphatic hydroxyl groups excluding tert-OH is 1. The van der Waals surface area contributed by atoms with Gasteiger partial charge in [-0.15, -0.1) is 0 Å². The van der Waals surface area contributed by atoms with Crippen molar-refractivity contribution in [3.8, 4) is 0 Å². The number of aliphatic hydroxyl groups is 1. The van der Waals surface area contributed by atoms with Crippen molar-refractivity contribution >= 4 is 5.91 Å². The van der Waals surface area contributed by atoms with Gasteiger partial charge in [0.15, 0.2) is 0 Å². The lowest BCUT2D eigenvalue weighted by molar-refractivity contribution is -0.132. The molecule has 1 rings (SSSR count). The van der Waals surface area contributed by atoms with Crippen molar-refractivity contribution in [2.45, 2.75) is 51.7 Å². The van der Waals surface area contributed by atoms with Crippen LogP contribution in [0.2, 0.25) is 0 Å². The maximum absolute atomic E-state index is 11.7. The highest BCUT2D eigenvalue weighted by molar-refractivity contribution is 5.80. The largest absolute Gasteiger partial charge is 0.396 e. The normalized spacial score (nSPS) is 27.4. The van der Waals surface area contributed by atoms with Crippen LogP contribution in [-0.4, -0.2) is 36.4 Å². The highest BCUT2D eigenvalue weighted by Crippen LogP contribution is 2.23. The van der Waals surface area contributed by atoms with E-state index >= 15 is 0 Å². The van der Waals surface area contributed by atoms with Crippen LogP contribution in [-0.2, 0) is 9.53 Å². The molecule has 0 heterocycles. The molecule has 0 spiro atoms. The summed E-state index contributed by atoms with van der Waals surface area (Å²) in [5.74, 6) is 0.409. The lowest BCUT2D eigenvalue weighted by atomic mass is 9.86. The van der Waals surface area contributed by atoms with Crippen LogP contribution < -0.4 is 5.32 Å². The van der Waals surface area contributed by atoms with Crippen molar-refractivity contribution in [3.05, 3.63) is 0 Å². The Kier molecular flexibility index (Phi) is 5.77. The van der Waals surface area contributed by atoms with E-state index in [9.17, 15) is 4.79 Å². The summed E-state index contributed by atoms with van der Waals surface area (Å²) in [6, 6.07) is 0.262. The minimum absolute atomic E-state index is 0.0192. The van der Waals surface area contributed by atoms with Crippen LogP contribution in [0, 0.1) is 5.92 Å². The molecule has 4 heteroatoms. The van der Waals surface area contributed by atoms with Crippen LogP contribution in [0.25, 0.3) is 0 Å². The number of hydrogen-bond acceptors (Lipinski definition) is 3. The molecular formula is C12H23NO3. The van der Waals surface area contributed by atoms with Gasteiger partial charge in [-0.2, -0.15) is 0 Å². The van der Waals surface area contributed by atoms with Gasteiger partial charge < -0.3 is 15.2 Å². The van der Waals surface area contributed by atoms with Gasteiger partial charge >= 0.3 is 0 Å². The molecule has 1 fully saturated rings. The Labute approximate surface area is 97.4 Å². The number of carbonyl (C=O) groups excluding carboxylic acids is 1. The second-order valence-corrected chi connectivity index (χ2v) is 4.51. The third kappa shape index (κ3) is 4.10. The first kappa shape index (κ1) is 13.5. The average Bonchev–Trinajstić information content (AvgIpc) is 2.30. The van der Waals surface area contributed by atoms with Crippen LogP contribution in [0.3, 0.4) is 0 Å². The zero-order valence-corrected chi connectivity index (χ0v) is 10.2. The molecule has 1 aliphatic rings. The molecule has 0 aliphatic heterocycles. The quantitative estimate of drug-likeness (QED) is 0.741. The summed E-state index contributed by atoms with van der Waals surface area (Å²) in [4.78, 5) is 11.7. The summed E-state index contributed by atoms with van der Waals surface area (Å²) in [5, 5.41) is 12.0. The van der Waals surface area contributed by atoms with Crippen LogP contribution in [0.5, 0.6) is 0 Å². The lowest BCUT2D eigenvalue weighted by Gasteiger charge is -2.28. The summed E-state index contributed by atoms with van der Waals surface area (Å²) < 4.78 is 5.24. The van der Waals surface area contributed by atoms with Crippen LogP contribution >= 0.6 is 0 Å². The van der Waals surface area contributed by atoms with Gasteiger partial charge in [0.1, 0.15) is 6.10 Å². The van der Waals surface area contributed by atoms with E-state index in [4.69, 9.17) is 9.84 Å². The highest BCUT2D eigenvalue weighted by Gasteiger charge is 2.23. The summed E-state index contributed by atoms with van der Waals surface area (Å²) in [5.41, 5.74) is 0. The Hall–Kier alpha value is -0.610. The molecule has 1 aliphatic carbocycles. The molecule has 0 aromatic carbocycles. The molecular weight excluding hydrogens is 206 g/mol. The summed E-state index contributed by atoms with van der Waals surface area (Å²) in [7, 11) is 0. The van der Waals surface area contributed by atoms with Crippen molar-refractivity contribution in [2.75, 3.05) is 13.2 Å². The Morgan fingerprint density at radius 1 is 1.44 bits per heavy atom. The van der Waals surface area contributed by atoms with Gasteiger partial charge in [0.05, 0.1) is 0 Å². The van der Waals surface area contributed by atoms with E-state index in [1.807, 2.05) is 6.92 Å². The van der Waals surface area contributed by atoms with Gasteiger partial charge in [-0.25, -0.2) is 0 Å². The lowest BCUT2D eigenvalue weighted by Crippen LogP contribution is -2.43. The maximum Gasteiger partial charge on any atom is 0.249 e. The second-order valence-electron chi connectivity index (χ2n) is 4.51. The molecule has 1 amide bonds. The fourth-order valence-corrected chi connectivity index (χ4v) is 2.13. The van der Waals surface area contributed by atoms with Gasteiger partial charge in [0.25, 0.3) is 0 Å². The van der Waals surface area contributed by atoms with Crippen molar-refractivity contribution in [3.63, 3.8) is 0 Å². The molecule has 0 bridgehead atoms. The average molecular weight is 229 g/mol. The summed E-state index contributed by atoms with van der Waals surface area (Å²) >= 11 is 0. The molecule has 4 nitrogen and oxygen atoms in total. The highest BCUT2D eigenvalue weighted by atomic mass is 16.5. The number of nitrogens with one attached hydrogen (secondary N) is 1. The SMILES string of the molecule is CCOC(C)C(=O)NC1CCC(CO)CC1. The zero-order chi connectivity index (χ0) is 12.0. The fourth-order valence-electron chi connectivity index (χ4n) is 2.13. The number of ether oxygens (including phenoxy) is 1. The third-order valence-corrected chi connectivity index (χ3v) is 3.24. The zero-order valence-electron chi connectivity index (χ0n) is 10.2. The molecule has 0 saturated heterocycles. The Balaban J connectivity index is 2.25. The first-order valence-electron chi connectivity index (χ1n) is 6.20. The van der Waals surface area contributed by atoms with Crippen molar-refractivity contribution in [2.24, 2.45) is 5.92 Å². The van der Waals surface area contributed by atoms with E-state index in [0.29, 0.717) is 12.5 Å². The number of amides is 1. The summed E-state index contributed by atoms with van der Waals surface area (Å²) in [6.07, 6.45) is 3.58. The van der Waals surface area contributed by atoms with Crippen molar-refractivity contribution in [1.29, 1.82) is 0 Å². The maximum atomic E-state index is 11.7. The minimum atomic E-state index is -0.361. The van der Waals surface area contributed by atoms with Gasteiger partial charge in [-0.05, 0) is 45.4 Å². The fraction of sp³-hybridized carbons (Fsp3) is 0.917. The van der Waals surface area contributed by atoms with Gasteiger partial charge in [0, 0.05) is 19.3 Å². The second kappa shape index (κ2) is 6.86.